The van der Waals surface area contributed by atoms with E-state index in [0.29, 0.717) is 9.50 Å². The highest BCUT2D eigenvalue weighted by molar-refractivity contribution is 9.10. The van der Waals surface area contributed by atoms with Crippen LogP contribution in [0.5, 0.6) is 5.75 Å². The minimum Gasteiger partial charge on any atom is -0.422 e. The molecule has 0 aliphatic carbocycles. The molecule has 0 spiro atoms. The van der Waals surface area contributed by atoms with Crippen molar-refractivity contribution >= 4 is 79.0 Å². The number of barbiturate groups is 1. The molecule has 3 aromatic rings. The Balaban J connectivity index is 1.70. The van der Waals surface area contributed by atoms with Crippen LogP contribution in [0.1, 0.15) is 15.9 Å². The first-order chi connectivity index (χ1) is 16.2. The van der Waals surface area contributed by atoms with Gasteiger partial charge < -0.3 is 4.74 Å². The lowest BCUT2D eigenvalue weighted by molar-refractivity contribution is -0.122. The molecule has 1 saturated heterocycles. The van der Waals surface area contributed by atoms with Crippen molar-refractivity contribution in [2.45, 2.75) is 0 Å². The van der Waals surface area contributed by atoms with Gasteiger partial charge in [-0.15, -0.1) is 0 Å². The standard InChI is InChI=1S/C24H13Br2ClN2O5/c25-15-3-8-18(9-4-15)29-22(31)19(21(30)28-24(29)33)12-14-11-16(26)5-10-20(14)34-23(32)13-1-6-17(27)7-2-13/h1-12H,(H,28,30,33)/b19-12-. The number of amides is 4. The Morgan fingerprint density at radius 3 is 2.24 bits per heavy atom. The van der Waals surface area contributed by atoms with E-state index in [4.69, 9.17) is 16.3 Å². The number of rotatable bonds is 4. The maximum atomic E-state index is 13.1. The number of esters is 1. The maximum Gasteiger partial charge on any atom is 0.343 e. The van der Waals surface area contributed by atoms with Crippen molar-refractivity contribution in [1.82, 2.24) is 5.32 Å². The van der Waals surface area contributed by atoms with E-state index in [1.54, 1.807) is 48.5 Å². The molecule has 0 radical (unpaired) electrons. The minimum absolute atomic E-state index is 0.114. The molecule has 0 bridgehead atoms. The first-order valence-electron chi connectivity index (χ1n) is 9.67. The molecule has 1 aliphatic heterocycles. The number of carbonyl (C=O) groups excluding carboxylic acids is 4. The monoisotopic (exact) mass is 602 g/mol. The summed E-state index contributed by atoms with van der Waals surface area (Å²) in [6.45, 7) is 0. The van der Waals surface area contributed by atoms with Crippen LogP contribution in [-0.2, 0) is 9.59 Å². The van der Waals surface area contributed by atoms with E-state index >= 15 is 0 Å². The molecular formula is C24H13Br2ClN2O5. The average molecular weight is 605 g/mol. The summed E-state index contributed by atoms with van der Waals surface area (Å²) in [6, 6.07) is 16.5. The summed E-state index contributed by atoms with van der Waals surface area (Å²) >= 11 is 12.5. The topological polar surface area (TPSA) is 92.8 Å². The molecule has 170 valence electrons. The second-order valence-electron chi connectivity index (χ2n) is 7.01. The smallest absolute Gasteiger partial charge is 0.343 e. The SMILES string of the molecule is O=C1NC(=O)N(c2ccc(Br)cc2)C(=O)/C1=C\c1cc(Br)ccc1OC(=O)c1ccc(Cl)cc1. The van der Waals surface area contributed by atoms with Crippen molar-refractivity contribution in [3.63, 3.8) is 0 Å². The van der Waals surface area contributed by atoms with Crippen molar-refractivity contribution in [2.75, 3.05) is 4.90 Å². The number of carbonyl (C=O) groups is 4. The van der Waals surface area contributed by atoms with Gasteiger partial charge in [0, 0.05) is 19.5 Å². The average Bonchev–Trinajstić information content (AvgIpc) is 2.80. The van der Waals surface area contributed by atoms with Crippen LogP contribution in [0.15, 0.2) is 81.2 Å². The zero-order valence-electron chi connectivity index (χ0n) is 17.1. The Labute approximate surface area is 215 Å². The number of hydrogen-bond donors (Lipinski definition) is 1. The third kappa shape index (κ3) is 5.11. The predicted octanol–water partition coefficient (Wildman–Crippen LogP) is 5.75. The Morgan fingerprint density at radius 1 is 0.912 bits per heavy atom. The summed E-state index contributed by atoms with van der Waals surface area (Å²) in [6.07, 6.45) is 1.27. The fraction of sp³-hybridized carbons (Fsp3) is 0. The van der Waals surface area contributed by atoms with E-state index in [0.717, 1.165) is 9.37 Å². The van der Waals surface area contributed by atoms with Gasteiger partial charge in [0.2, 0.25) is 0 Å². The van der Waals surface area contributed by atoms with Gasteiger partial charge in [-0.2, -0.15) is 0 Å². The number of imide groups is 2. The van der Waals surface area contributed by atoms with E-state index < -0.39 is 23.8 Å². The van der Waals surface area contributed by atoms with Gasteiger partial charge in [-0.1, -0.05) is 43.5 Å². The number of hydrogen-bond acceptors (Lipinski definition) is 5. The van der Waals surface area contributed by atoms with Crippen LogP contribution in [-0.4, -0.2) is 23.8 Å². The molecule has 34 heavy (non-hydrogen) atoms. The van der Waals surface area contributed by atoms with Crippen molar-refractivity contribution < 1.29 is 23.9 Å². The number of ether oxygens (including phenoxy) is 1. The molecule has 10 heteroatoms. The van der Waals surface area contributed by atoms with Gasteiger partial charge in [-0.05, 0) is 72.8 Å². The Morgan fingerprint density at radius 2 is 1.56 bits per heavy atom. The molecule has 1 fully saturated rings. The van der Waals surface area contributed by atoms with E-state index in [9.17, 15) is 19.2 Å². The number of anilines is 1. The predicted molar refractivity (Wildman–Crippen MR) is 134 cm³/mol. The summed E-state index contributed by atoms with van der Waals surface area (Å²) < 4.78 is 6.89. The third-order valence-electron chi connectivity index (χ3n) is 4.74. The normalized spacial score (nSPS) is 14.9. The number of nitrogens with zero attached hydrogens (tertiary/aromatic N) is 1. The van der Waals surface area contributed by atoms with Gasteiger partial charge in [0.25, 0.3) is 11.8 Å². The fourth-order valence-corrected chi connectivity index (χ4v) is 3.88. The summed E-state index contributed by atoms with van der Waals surface area (Å²) in [7, 11) is 0. The quantitative estimate of drug-likeness (QED) is 0.177. The first kappa shape index (κ1) is 23.9. The van der Waals surface area contributed by atoms with Gasteiger partial charge in [0.1, 0.15) is 11.3 Å². The number of halogens is 3. The largest absolute Gasteiger partial charge is 0.422 e. The third-order valence-corrected chi connectivity index (χ3v) is 6.01. The first-order valence-corrected chi connectivity index (χ1v) is 11.6. The molecular weight excluding hydrogens is 592 g/mol. The van der Waals surface area contributed by atoms with E-state index in [2.05, 4.69) is 37.2 Å². The van der Waals surface area contributed by atoms with Crippen LogP contribution in [0.2, 0.25) is 5.02 Å². The molecule has 4 amide bonds. The maximum absolute atomic E-state index is 13.1. The molecule has 1 heterocycles. The highest BCUT2D eigenvalue weighted by Gasteiger charge is 2.37. The summed E-state index contributed by atoms with van der Waals surface area (Å²) in [5.41, 5.74) is 0.529. The Kier molecular flexibility index (Phi) is 6.97. The highest BCUT2D eigenvalue weighted by atomic mass is 79.9. The molecule has 7 nitrogen and oxygen atoms in total. The summed E-state index contributed by atoms with van der Waals surface area (Å²) in [4.78, 5) is 51.5. The van der Waals surface area contributed by atoms with Crippen LogP contribution < -0.4 is 15.0 Å². The van der Waals surface area contributed by atoms with Gasteiger partial charge in [-0.3, -0.25) is 14.9 Å². The van der Waals surface area contributed by atoms with Crippen LogP contribution in [0.3, 0.4) is 0 Å². The molecule has 0 saturated carbocycles. The van der Waals surface area contributed by atoms with E-state index in [-0.39, 0.29) is 28.1 Å². The summed E-state index contributed by atoms with van der Waals surface area (Å²) in [5.74, 6) is -2.21. The van der Waals surface area contributed by atoms with Gasteiger partial charge in [0.15, 0.2) is 0 Å². The Bertz CT molecular complexity index is 1350. The van der Waals surface area contributed by atoms with Crippen molar-refractivity contribution in [3.05, 3.63) is 97.4 Å². The lowest BCUT2D eigenvalue weighted by atomic mass is 10.1. The van der Waals surface area contributed by atoms with E-state index in [1.165, 1.54) is 24.3 Å². The molecule has 1 N–H and O–H groups in total. The van der Waals surface area contributed by atoms with Crippen LogP contribution in [0.4, 0.5) is 10.5 Å². The highest BCUT2D eigenvalue weighted by Crippen LogP contribution is 2.29. The van der Waals surface area contributed by atoms with Crippen molar-refractivity contribution in [3.8, 4) is 5.75 Å². The molecule has 0 unspecified atom stereocenters. The van der Waals surface area contributed by atoms with Gasteiger partial charge >= 0.3 is 12.0 Å². The molecule has 3 aromatic carbocycles. The second-order valence-corrected chi connectivity index (χ2v) is 9.28. The van der Waals surface area contributed by atoms with Gasteiger partial charge in [-0.25, -0.2) is 14.5 Å². The Hall–Kier alpha value is -3.27. The lowest BCUT2D eigenvalue weighted by Crippen LogP contribution is -2.54. The van der Waals surface area contributed by atoms with Crippen molar-refractivity contribution in [2.24, 2.45) is 0 Å². The minimum atomic E-state index is -0.863. The fourth-order valence-electron chi connectivity index (χ4n) is 3.11. The van der Waals surface area contributed by atoms with E-state index in [1.807, 2.05) is 0 Å². The van der Waals surface area contributed by atoms with Crippen LogP contribution in [0.25, 0.3) is 6.08 Å². The molecule has 0 aromatic heterocycles. The zero-order valence-corrected chi connectivity index (χ0v) is 21.0. The summed E-state index contributed by atoms with van der Waals surface area (Å²) in [5, 5.41) is 2.63. The van der Waals surface area contributed by atoms with Crippen molar-refractivity contribution in [1.29, 1.82) is 0 Å². The zero-order chi connectivity index (χ0) is 24.4. The van der Waals surface area contributed by atoms with Crippen LogP contribution in [0, 0.1) is 0 Å². The second kappa shape index (κ2) is 9.92. The number of benzene rings is 3. The van der Waals surface area contributed by atoms with Gasteiger partial charge in [0.05, 0.1) is 11.3 Å². The molecule has 4 rings (SSSR count). The number of nitrogens with one attached hydrogen (secondary N) is 1. The lowest BCUT2D eigenvalue weighted by Gasteiger charge is -2.26. The number of urea groups is 1. The molecule has 0 atom stereocenters. The molecule has 1 aliphatic rings. The van der Waals surface area contributed by atoms with Crippen LogP contribution >= 0.6 is 43.5 Å².